The van der Waals surface area contributed by atoms with Gasteiger partial charge < -0.3 is 14.8 Å². The summed E-state index contributed by atoms with van der Waals surface area (Å²) in [5, 5.41) is 3.54. The molecule has 0 saturated heterocycles. The van der Waals surface area contributed by atoms with E-state index < -0.39 is 0 Å². The Morgan fingerprint density at radius 3 is 2.80 bits per heavy atom. The predicted octanol–water partition coefficient (Wildman–Crippen LogP) is 2.95. The Balaban J connectivity index is 1.83. The van der Waals surface area contributed by atoms with Crippen LogP contribution in [-0.2, 0) is 15.9 Å². The standard InChI is InChI=1S/C17H27NO2/c1-4-18-17-15-8-6-5-7-14(15)11-16(17)20-10-9-19-12-13(2)3/h5-8,13,16-18H,4,9-12H2,1-3H3. The summed E-state index contributed by atoms with van der Waals surface area (Å²) in [6, 6.07) is 8.95. The molecular weight excluding hydrogens is 250 g/mol. The van der Waals surface area contributed by atoms with Gasteiger partial charge in [-0.25, -0.2) is 0 Å². The summed E-state index contributed by atoms with van der Waals surface area (Å²) in [4.78, 5) is 0. The van der Waals surface area contributed by atoms with Gasteiger partial charge in [0.15, 0.2) is 0 Å². The first kappa shape index (κ1) is 15.5. The zero-order valence-corrected chi connectivity index (χ0v) is 12.9. The molecule has 0 heterocycles. The van der Waals surface area contributed by atoms with Crippen LogP contribution in [0.15, 0.2) is 24.3 Å². The molecule has 1 aliphatic carbocycles. The third-order valence-corrected chi connectivity index (χ3v) is 3.62. The minimum Gasteiger partial charge on any atom is -0.379 e. The molecule has 2 unspecified atom stereocenters. The van der Waals surface area contributed by atoms with Gasteiger partial charge in [0.25, 0.3) is 0 Å². The Hall–Kier alpha value is -0.900. The predicted molar refractivity (Wildman–Crippen MR) is 82.0 cm³/mol. The van der Waals surface area contributed by atoms with Gasteiger partial charge in [-0.1, -0.05) is 45.0 Å². The van der Waals surface area contributed by atoms with Crippen LogP contribution >= 0.6 is 0 Å². The van der Waals surface area contributed by atoms with Gasteiger partial charge in [-0.2, -0.15) is 0 Å². The van der Waals surface area contributed by atoms with Gasteiger partial charge >= 0.3 is 0 Å². The number of benzene rings is 1. The first-order chi connectivity index (χ1) is 9.72. The highest BCUT2D eigenvalue weighted by molar-refractivity contribution is 5.36. The number of rotatable bonds is 8. The molecule has 3 heteroatoms. The fourth-order valence-electron chi connectivity index (χ4n) is 2.75. The van der Waals surface area contributed by atoms with Crippen molar-refractivity contribution in [2.24, 2.45) is 5.92 Å². The normalized spacial score (nSPS) is 21.4. The van der Waals surface area contributed by atoms with Crippen molar-refractivity contribution >= 4 is 0 Å². The summed E-state index contributed by atoms with van der Waals surface area (Å²) in [5.74, 6) is 0.584. The molecule has 2 rings (SSSR count). The fraction of sp³-hybridized carbons (Fsp3) is 0.647. The highest BCUT2D eigenvalue weighted by atomic mass is 16.5. The van der Waals surface area contributed by atoms with Gasteiger partial charge in [-0.3, -0.25) is 0 Å². The van der Waals surface area contributed by atoms with Gasteiger partial charge in [-0.05, 0) is 23.6 Å². The van der Waals surface area contributed by atoms with Crippen LogP contribution in [0.2, 0.25) is 0 Å². The van der Waals surface area contributed by atoms with Gasteiger partial charge in [0, 0.05) is 13.0 Å². The smallest absolute Gasteiger partial charge is 0.0811 e. The minimum atomic E-state index is 0.231. The highest BCUT2D eigenvalue weighted by Crippen LogP contribution is 2.33. The van der Waals surface area contributed by atoms with E-state index >= 15 is 0 Å². The summed E-state index contributed by atoms with van der Waals surface area (Å²) >= 11 is 0. The van der Waals surface area contributed by atoms with E-state index in [0.29, 0.717) is 25.2 Å². The quantitative estimate of drug-likeness (QED) is 0.741. The van der Waals surface area contributed by atoms with Gasteiger partial charge in [0.05, 0.1) is 25.4 Å². The molecule has 0 amide bonds. The maximum atomic E-state index is 6.04. The second-order valence-electron chi connectivity index (χ2n) is 5.82. The molecule has 0 aliphatic heterocycles. The van der Waals surface area contributed by atoms with Crippen molar-refractivity contribution in [1.82, 2.24) is 5.32 Å². The summed E-state index contributed by atoms with van der Waals surface area (Å²) in [7, 11) is 0. The molecule has 0 aromatic heterocycles. The Morgan fingerprint density at radius 2 is 2.05 bits per heavy atom. The molecule has 0 saturated carbocycles. The van der Waals surface area contributed by atoms with E-state index in [2.05, 4.69) is 50.4 Å². The average molecular weight is 277 g/mol. The van der Waals surface area contributed by atoms with Crippen LogP contribution in [0, 0.1) is 5.92 Å². The van der Waals surface area contributed by atoms with Gasteiger partial charge in [0.2, 0.25) is 0 Å². The number of likely N-dealkylation sites (N-methyl/N-ethyl adjacent to an activating group) is 1. The SMILES string of the molecule is CCNC1c2ccccc2CC1OCCOCC(C)C. The van der Waals surface area contributed by atoms with E-state index in [1.165, 1.54) is 11.1 Å². The molecule has 3 nitrogen and oxygen atoms in total. The summed E-state index contributed by atoms with van der Waals surface area (Å²) in [6.45, 7) is 9.60. The van der Waals surface area contributed by atoms with E-state index in [9.17, 15) is 0 Å². The monoisotopic (exact) mass is 277 g/mol. The average Bonchev–Trinajstić information content (AvgIpc) is 2.77. The molecule has 0 fully saturated rings. The molecule has 0 spiro atoms. The lowest BCUT2D eigenvalue weighted by atomic mass is 10.1. The van der Waals surface area contributed by atoms with Crippen LogP contribution in [0.5, 0.6) is 0 Å². The number of hydrogen-bond acceptors (Lipinski definition) is 3. The summed E-state index contributed by atoms with van der Waals surface area (Å²) in [6.07, 6.45) is 1.23. The molecule has 1 aliphatic rings. The fourth-order valence-corrected chi connectivity index (χ4v) is 2.75. The van der Waals surface area contributed by atoms with Crippen molar-refractivity contribution in [3.8, 4) is 0 Å². The topological polar surface area (TPSA) is 30.5 Å². The molecule has 2 atom stereocenters. The van der Waals surface area contributed by atoms with E-state index in [-0.39, 0.29) is 6.10 Å². The Bertz CT molecular complexity index is 406. The van der Waals surface area contributed by atoms with E-state index in [1.54, 1.807) is 0 Å². The lowest BCUT2D eigenvalue weighted by Gasteiger charge is -2.22. The molecule has 1 N–H and O–H groups in total. The van der Waals surface area contributed by atoms with Crippen LogP contribution in [0.3, 0.4) is 0 Å². The van der Waals surface area contributed by atoms with Crippen molar-refractivity contribution in [3.63, 3.8) is 0 Å². The van der Waals surface area contributed by atoms with Gasteiger partial charge in [0.1, 0.15) is 0 Å². The number of hydrogen-bond donors (Lipinski definition) is 1. The lowest BCUT2D eigenvalue weighted by Crippen LogP contribution is -2.31. The molecule has 1 aromatic carbocycles. The second kappa shape index (κ2) is 7.77. The van der Waals surface area contributed by atoms with Crippen LogP contribution in [-0.4, -0.2) is 32.5 Å². The van der Waals surface area contributed by atoms with Gasteiger partial charge in [-0.15, -0.1) is 0 Å². The summed E-state index contributed by atoms with van der Waals surface area (Å²) in [5.41, 5.74) is 2.80. The molecule has 20 heavy (non-hydrogen) atoms. The maximum Gasteiger partial charge on any atom is 0.0811 e. The minimum absolute atomic E-state index is 0.231. The number of nitrogens with one attached hydrogen (secondary N) is 1. The van der Waals surface area contributed by atoms with E-state index in [0.717, 1.165) is 19.6 Å². The number of fused-ring (bicyclic) bond motifs is 1. The molecule has 0 bridgehead atoms. The lowest BCUT2D eigenvalue weighted by molar-refractivity contribution is -0.0105. The first-order valence-electron chi connectivity index (χ1n) is 7.73. The third kappa shape index (κ3) is 4.05. The van der Waals surface area contributed by atoms with Crippen LogP contribution in [0.1, 0.15) is 37.9 Å². The van der Waals surface area contributed by atoms with Crippen molar-refractivity contribution in [3.05, 3.63) is 35.4 Å². The van der Waals surface area contributed by atoms with Crippen LogP contribution in [0.4, 0.5) is 0 Å². The molecule has 1 aromatic rings. The van der Waals surface area contributed by atoms with Crippen molar-refractivity contribution in [2.75, 3.05) is 26.4 Å². The van der Waals surface area contributed by atoms with Crippen LogP contribution < -0.4 is 5.32 Å². The maximum absolute atomic E-state index is 6.04. The van der Waals surface area contributed by atoms with Crippen molar-refractivity contribution in [1.29, 1.82) is 0 Å². The molecule has 112 valence electrons. The van der Waals surface area contributed by atoms with E-state index in [1.807, 2.05) is 0 Å². The zero-order chi connectivity index (χ0) is 14.4. The summed E-state index contributed by atoms with van der Waals surface area (Å²) < 4.78 is 11.6. The third-order valence-electron chi connectivity index (χ3n) is 3.62. The Kier molecular flexibility index (Phi) is 6.02. The first-order valence-corrected chi connectivity index (χ1v) is 7.73. The van der Waals surface area contributed by atoms with Crippen molar-refractivity contribution in [2.45, 2.75) is 39.3 Å². The second-order valence-corrected chi connectivity index (χ2v) is 5.82. The molecular formula is C17H27NO2. The van der Waals surface area contributed by atoms with Crippen molar-refractivity contribution < 1.29 is 9.47 Å². The Labute approximate surface area is 122 Å². The van der Waals surface area contributed by atoms with E-state index in [4.69, 9.17) is 9.47 Å². The van der Waals surface area contributed by atoms with Crippen LogP contribution in [0.25, 0.3) is 0 Å². The zero-order valence-electron chi connectivity index (χ0n) is 12.9. The Morgan fingerprint density at radius 1 is 1.25 bits per heavy atom. The highest BCUT2D eigenvalue weighted by Gasteiger charge is 2.32. The molecule has 0 radical (unpaired) electrons. The largest absolute Gasteiger partial charge is 0.379 e. The number of ether oxygens (including phenoxy) is 2.